The molecule has 78 valence electrons. The minimum atomic E-state index is -0.728. The fourth-order valence-electron chi connectivity index (χ4n) is 1.10. The van der Waals surface area contributed by atoms with E-state index in [1.807, 2.05) is 0 Å². The van der Waals surface area contributed by atoms with Crippen LogP contribution in [-0.2, 0) is 0 Å². The van der Waals surface area contributed by atoms with Crippen molar-refractivity contribution in [1.82, 2.24) is 15.0 Å². The molecule has 0 bridgehead atoms. The summed E-state index contributed by atoms with van der Waals surface area (Å²) in [6.45, 7) is 0. The van der Waals surface area contributed by atoms with Gasteiger partial charge in [-0.05, 0) is 12.3 Å². The predicted octanol–water partition coefficient (Wildman–Crippen LogP) is 1.83. The summed E-state index contributed by atoms with van der Waals surface area (Å²) in [5, 5.41) is 0.227. The van der Waals surface area contributed by atoms with Gasteiger partial charge in [0.05, 0.1) is 5.39 Å². The Balaban J connectivity index is 2.86. The number of hydrogen-bond donors (Lipinski definition) is 1. The molecule has 2 heterocycles. The monoisotopic (exact) mass is 245 g/mol. The van der Waals surface area contributed by atoms with Crippen molar-refractivity contribution < 1.29 is 4.39 Å². The summed E-state index contributed by atoms with van der Waals surface area (Å²) in [6.07, 6.45) is 1.76. The van der Waals surface area contributed by atoms with Crippen molar-refractivity contribution in [3.8, 4) is 0 Å². The fraction of sp³-hybridized carbons (Fsp3) is 0.125. The number of pyridine rings is 1. The summed E-state index contributed by atoms with van der Waals surface area (Å²) in [5.74, 6) is -0.728. The highest BCUT2D eigenvalue weighted by Crippen LogP contribution is 2.16. The third kappa shape index (κ3) is 1.82. The lowest BCUT2D eigenvalue weighted by atomic mass is 10.3. The molecule has 2 aromatic rings. The maximum atomic E-state index is 13.0. The van der Waals surface area contributed by atoms with Gasteiger partial charge < -0.3 is 4.98 Å². The molecule has 1 N–H and O–H groups in total. The van der Waals surface area contributed by atoms with Crippen LogP contribution in [0.3, 0.4) is 0 Å². The van der Waals surface area contributed by atoms with Crippen molar-refractivity contribution in [2.75, 3.05) is 6.26 Å². The highest BCUT2D eigenvalue weighted by Gasteiger charge is 2.09. The smallest absolute Gasteiger partial charge is 0.261 e. The zero-order valence-corrected chi connectivity index (χ0v) is 9.12. The highest BCUT2D eigenvalue weighted by atomic mass is 35.5. The molecule has 7 heteroatoms. The lowest BCUT2D eigenvalue weighted by Crippen LogP contribution is -2.10. The Bertz CT molecular complexity index is 586. The van der Waals surface area contributed by atoms with Gasteiger partial charge in [-0.1, -0.05) is 23.4 Å². The first-order valence-corrected chi connectivity index (χ1v) is 5.52. The maximum absolute atomic E-state index is 13.0. The van der Waals surface area contributed by atoms with E-state index in [0.29, 0.717) is 5.16 Å². The van der Waals surface area contributed by atoms with Crippen molar-refractivity contribution in [2.45, 2.75) is 5.16 Å². The normalized spacial score (nSPS) is 10.9. The SMILES string of the molecule is CSc1nc2nc(Cl)c(F)cc2c(=O)[nH]1. The van der Waals surface area contributed by atoms with Gasteiger partial charge in [-0.3, -0.25) is 4.79 Å². The van der Waals surface area contributed by atoms with E-state index in [0.717, 1.165) is 6.07 Å². The molecule has 0 radical (unpaired) electrons. The quantitative estimate of drug-likeness (QED) is 0.473. The van der Waals surface area contributed by atoms with E-state index < -0.39 is 11.4 Å². The summed E-state index contributed by atoms with van der Waals surface area (Å²) >= 11 is 6.75. The maximum Gasteiger partial charge on any atom is 0.261 e. The Kier molecular flexibility index (Phi) is 2.62. The largest absolute Gasteiger partial charge is 0.301 e. The van der Waals surface area contributed by atoms with Gasteiger partial charge in [-0.15, -0.1) is 0 Å². The van der Waals surface area contributed by atoms with Crippen molar-refractivity contribution >= 4 is 34.4 Å². The minimum absolute atomic E-state index is 0.0923. The number of fused-ring (bicyclic) bond motifs is 1. The number of thioether (sulfide) groups is 1. The molecule has 2 rings (SSSR count). The minimum Gasteiger partial charge on any atom is -0.301 e. The molecule has 15 heavy (non-hydrogen) atoms. The predicted molar refractivity (Wildman–Crippen MR) is 56.9 cm³/mol. The molecule has 0 atom stereocenters. The van der Waals surface area contributed by atoms with E-state index in [4.69, 9.17) is 11.6 Å². The van der Waals surface area contributed by atoms with Gasteiger partial charge in [-0.25, -0.2) is 14.4 Å². The molecular weight excluding hydrogens is 241 g/mol. The third-order valence-electron chi connectivity index (χ3n) is 1.78. The van der Waals surface area contributed by atoms with Gasteiger partial charge in [-0.2, -0.15) is 0 Å². The average molecular weight is 246 g/mol. The summed E-state index contributed by atoms with van der Waals surface area (Å²) in [4.78, 5) is 21.6. The summed E-state index contributed by atoms with van der Waals surface area (Å²) in [6, 6.07) is 1.03. The van der Waals surface area contributed by atoms with Crippen LogP contribution in [0.4, 0.5) is 4.39 Å². The number of nitrogens with one attached hydrogen (secondary N) is 1. The summed E-state index contributed by atoms with van der Waals surface area (Å²) < 4.78 is 13.0. The zero-order valence-electron chi connectivity index (χ0n) is 7.54. The van der Waals surface area contributed by atoms with Crippen LogP contribution in [0.1, 0.15) is 0 Å². The van der Waals surface area contributed by atoms with Gasteiger partial charge in [0.1, 0.15) is 0 Å². The van der Waals surface area contributed by atoms with Crippen LogP contribution in [0.15, 0.2) is 16.0 Å². The highest BCUT2D eigenvalue weighted by molar-refractivity contribution is 7.98. The van der Waals surface area contributed by atoms with Crippen molar-refractivity contribution in [3.63, 3.8) is 0 Å². The van der Waals surface area contributed by atoms with E-state index in [1.54, 1.807) is 6.26 Å². The van der Waals surface area contributed by atoms with Gasteiger partial charge in [0.2, 0.25) is 0 Å². The number of hydrogen-bond acceptors (Lipinski definition) is 4. The summed E-state index contributed by atoms with van der Waals surface area (Å²) in [7, 11) is 0. The standard InChI is InChI=1S/C8H5ClFN3OS/c1-15-8-12-6-3(7(14)13-8)2-4(10)5(9)11-6/h2H,1H3,(H,11,12,13,14). The average Bonchev–Trinajstić information content (AvgIpc) is 2.21. The van der Waals surface area contributed by atoms with Crippen LogP contribution in [-0.4, -0.2) is 21.2 Å². The number of rotatable bonds is 1. The van der Waals surface area contributed by atoms with Crippen LogP contribution in [0, 0.1) is 5.82 Å². The van der Waals surface area contributed by atoms with Crippen molar-refractivity contribution in [2.24, 2.45) is 0 Å². The molecule has 0 aliphatic heterocycles. The van der Waals surface area contributed by atoms with Crippen molar-refractivity contribution in [3.05, 3.63) is 27.4 Å². The van der Waals surface area contributed by atoms with Crippen LogP contribution in [0.25, 0.3) is 11.0 Å². The second kappa shape index (κ2) is 3.79. The lowest BCUT2D eigenvalue weighted by Gasteiger charge is -2.00. The molecule has 0 aliphatic carbocycles. The van der Waals surface area contributed by atoms with Crippen LogP contribution in [0.2, 0.25) is 5.15 Å². The second-order valence-corrected chi connectivity index (χ2v) is 3.86. The first-order valence-electron chi connectivity index (χ1n) is 3.92. The topological polar surface area (TPSA) is 58.6 Å². The Hall–Kier alpha value is -1.14. The third-order valence-corrected chi connectivity index (χ3v) is 2.62. The van der Waals surface area contributed by atoms with Gasteiger partial charge in [0.25, 0.3) is 5.56 Å². The molecule has 0 unspecified atom stereocenters. The molecule has 0 saturated carbocycles. The molecule has 2 aromatic heterocycles. The van der Waals surface area contributed by atoms with E-state index in [2.05, 4.69) is 15.0 Å². The molecule has 0 spiro atoms. The number of aromatic nitrogens is 3. The molecule has 4 nitrogen and oxygen atoms in total. The fourth-order valence-corrected chi connectivity index (χ4v) is 1.60. The molecule has 0 amide bonds. The number of H-pyrrole nitrogens is 1. The molecular formula is C8H5ClFN3OS. The first kappa shape index (κ1) is 10.4. The van der Waals surface area contributed by atoms with Gasteiger partial charge in [0.15, 0.2) is 21.8 Å². The van der Waals surface area contributed by atoms with Crippen LogP contribution < -0.4 is 5.56 Å². The lowest BCUT2D eigenvalue weighted by molar-refractivity contribution is 0.624. The van der Waals surface area contributed by atoms with E-state index in [9.17, 15) is 9.18 Å². The molecule has 0 aliphatic rings. The number of aromatic amines is 1. The zero-order chi connectivity index (χ0) is 11.0. The second-order valence-electron chi connectivity index (χ2n) is 2.71. The molecule has 0 fully saturated rings. The Labute approximate surface area is 92.9 Å². The molecule has 0 saturated heterocycles. The van der Waals surface area contributed by atoms with Crippen LogP contribution in [0.5, 0.6) is 0 Å². The molecule has 0 aromatic carbocycles. The van der Waals surface area contributed by atoms with E-state index in [1.165, 1.54) is 11.8 Å². The first-order chi connectivity index (χ1) is 7.11. The Morgan fingerprint density at radius 1 is 1.53 bits per heavy atom. The summed E-state index contributed by atoms with van der Waals surface area (Å²) in [5.41, 5.74) is -0.276. The van der Waals surface area contributed by atoms with Gasteiger partial charge >= 0.3 is 0 Å². The van der Waals surface area contributed by atoms with E-state index >= 15 is 0 Å². The van der Waals surface area contributed by atoms with Crippen molar-refractivity contribution in [1.29, 1.82) is 0 Å². The number of halogens is 2. The van der Waals surface area contributed by atoms with E-state index in [-0.39, 0.29) is 16.2 Å². The van der Waals surface area contributed by atoms with Gasteiger partial charge in [0, 0.05) is 0 Å². The van der Waals surface area contributed by atoms with Crippen LogP contribution >= 0.6 is 23.4 Å². The Morgan fingerprint density at radius 2 is 2.27 bits per heavy atom. The number of nitrogens with zero attached hydrogens (tertiary/aromatic N) is 2. The Morgan fingerprint density at radius 3 is 2.93 bits per heavy atom.